The second kappa shape index (κ2) is 5.53. The van der Waals surface area contributed by atoms with E-state index >= 15 is 0 Å². The van der Waals surface area contributed by atoms with Gasteiger partial charge in [-0.25, -0.2) is 4.79 Å². The molecule has 6 nitrogen and oxygen atoms in total. The first kappa shape index (κ1) is 11.8. The second-order valence-electron chi connectivity index (χ2n) is 3.79. The minimum Gasteiger partial charge on any atom is -0.444 e. The standard InChI is InChI=1S/C11H10F3NO5S/c12-11(13,14)9-7-20-21(17,18)15(9)10(16)19-6-8-4-2-1-3-5-8/h1-5,9H,6-7H2/t9-/m0/s1/i7D2,9D. The quantitative estimate of drug-likeness (QED) is 0.828. The van der Waals surface area contributed by atoms with Gasteiger partial charge in [-0.3, -0.25) is 4.18 Å². The van der Waals surface area contributed by atoms with Crippen molar-refractivity contribution in [3.63, 3.8) is 0 Å². The molecule has 0 aromatic heterocycles. The second-order valence-corrected chi connectivity index (χ2v) is 5.18. The summed E-state index contributed by atoms with van der Waals surface area (Å²) in [6.07, 6.45) is -7.85. The van der Waals surface area contributed by atoms with Crippen LogP contribution in [0.1, 0.15) is 9.68 Å². The van der Waals surface area contributed by atoms with Crippen molar-refractivity contribution >= 4 is 16.4 Å². The molecule has 1 aromatic carbocycles. The highest BCUT2D eigenvalue weighted by atomic mass is 32.2. The number of hydrogen-bond donors (Lipinski definition) is 0. The highest BCUT2D eigenvalue weighted by Crippen LogP contribution is 2.32. The van der Waals surface area contributed by atoms with E-state index in [1.807, 2.05) is 0 Å². The van der Waals surface area contributed by atoms with Crippen molar-refractivity contribution in [1.82, 2.24) is 4.31 Å². The molecule has 1 atom stereocenters. The van der Waals surface area contributed by atoms with Crippen molar-refractivity contribution < 1.29 is 39.4 Å². The summed E-state index contributed by atoms with van der Waals surface area (Å²) in [6.45, 7) is -4.63. The number of hydrogen-bond acceptors (Lipinski definition) is 5. The zero-order chi connectivity index (χ0) is 18.4. The number of rotatable bonds is 2. The fourth-order valence-corrected chi connectivity index (χ4v) is 2.27. The van der Waals surface area contributed by atoms with Gasteiger partial charge in [-0.1, -0.05) is 30.3 Å². The molecule has 1 aliphatic heterocycles. The Morgan fingerprint density at radius 2 is 2.10 bits per heavy atom. The van der Waals surface area contributed by atoms with Crippen LogP contribution in [0.25, 0.3) is 0 Å². The molecule has 0 spiro atoms. The molecule has 0 bridgehead atoms. The third kappa shape index (κ3) is 3.45. The molecule has 1 amide bonds. The zero-order valence-corrected chi connectivity index (χ0v) is 10.9. The lowest BCUT2D eigenvalue weighted by atomic mass is 10.2. The Morgan fingerprint density at radius 3 is 2.67 bits per heavy atom. The Bertz CT molecular complexity index is 743. The number of carbonyl (C=O) groups excluding carboxylic acids is 1. The van der Waals surface area contributed by atoms with Crippen molar-refractivity contribution in [2.24, 2.45) is 0 Å². The van der Waals surface area contributed by atoms with E-state index in [0.717, 1.165) is 0 Å². The van der Waals surface area contributed by atoms with Crippen LogP contribution in [-0.4, -0.2) is 37.6 Å². The molecule has 0 unspecified atom stereocenters. The molecule has 1 saturated heterocycles. The largest absolute Gasteiger partial charge is 0.444 e. The first-order valence-corrected chi connectivity index (χ1v) is 6.73. The summed E-state index contributed by atoms with van der Waals surface area (Å²) in [4.78, 5) is 11.8. The van der Waals surface area contributed by atoms with Crippen LogP contribution in [0.5, 0.6) is 0 Å². The van der Waals surface area contributed by atoms with Crippen LogP contribution < -0.4 is 0 Å². The molecule has 1 aliphatic rings. The first-order chi connectivity index (χ1) is 10.8. The van der Waals surface area contributed by atoms with Gasteiger partial charge < -0.3 is 4.74 Å². The van der Waals surface area contributed by atoms with Gasteiger partial charge in [0.1, 0.15) is 6.61 Å². The maximum absolute atomic E-state index is 13.1. The molecule has 2 rings (SSSR count). The molecular formula is C11H10F3NO5S. The van der Waals surface area contributed by atoms with Crippen LogP contribution in [0.4, 0.5) is 18.0 Å². The summed E-state index contributed by atoms with van der Waals surface area (Å²) < 4.78 is 91.2. The molecule has 0 N–H and O–H groups in total. The Labute approximate surface area is 122 Å². The molecule has 10 heteroatoms. The van der Waals surface area contributed by atoms with Gasteiger partial charge in [0.05, 0.1) is 10.7 Å². The van der Waals surface area contributed by atoms with Crippen LogP contribution >= 0.6 is 0 Å². The predicted octanol–water partition coefficient (Wildman–Crippen LogP) is 1.83. The topological polar surface area (TPSA) is 72.9 Å². The van der Waals surface area contributed by atoms with E-state index in [-0.39, 0.29) is 0 Å². The number of benzene rings is 1. The Kier molecular flexibility index (Phi) is 3.11. The third-order valence-electron chi connectivity index (χ3n) is 2.31. The van der Waals surface area contributed by atoms with Gasteiger partial charge in [0.15, 0.2) is 6.02 Å². The van der Waals surface area contributed by atoms with Gasteiger partial charge in [0, 0.05) is 0 Å². The average molecular weight is 328 g/mol. The highest BCUT2D eigenvalue weighted by Gasteiger charge is 2.56. The van der Waals surface area contributed by atoms with Crippen molar-refractivity contribution in [2.45, 2.75) is 18.8 Å². The number of nitrogens with zero attached hydrogens (tertiary/aromatic N) is 1. The summed E-state index contributed by atoms with van der Waals surface area (Å²) in [6, 6.07) is 3.10. The van der Waals surface area contributed by atoms with Crippen molar-refractivity contribution in [1.29, 1.82) is 0 Å². The predicted molar refractivity (Wildman–Crippen MR) is 63.2 cm³/mol. The van der Waals surface area contributed by atoms with Gasteiger partial charge in [-0.15, -0.1) is 0 Å². The van der Waals surface area contributed by atoms with Crippen LogP contribution in [0.2, 0.25) is 0 Å². The molecule has 0 aliphatic carbocycles. The maximum Gasteiger partial charge on any atom is 0.426 e. The van der Waals surface area contributed by atoms with Crippen molar-refractivity contribution in [3.05, 3.63) is 35.9 Å². The fraction of sp³-hybridized carbons (Fsp3) is 0.364. The highest BCUT2D eigenvalue weighted by molar-refractivity contribution is 7.85. The van der Waals surface area contributed by atoms with E-state index in [0.29, 0.717) is 5.56 Å². The smallest absolute Gasteiger partial charge is 0.426 e. The maximum atomic E-state index is 13.1. The van der Waals surface area contributed by atoms with E-state index in [4.69, 9.17) is 4.11 Å². The minimum absolute atomic E-state index is 0.342. The van der Waals surface area contributed by atoms with Crippen LogP contribution in [0.15, 0.2) is 30.3 Å². The molecule has 1 aromatic rings. The number of carbonyl (C=O) groups is 1. The summed E-state index contributed by atoms with van der Waals surface area (Å²) in [5.41, 5.74) is 0.342. The van der Waals surface area contributed by atoms with Crippen LogP contribution in [-0.2, 0) is 25.8 Å². The van der Waals surface area contributed by atoms with Crippen LogP contribution in [0.3, 0.4) is 0 Å². The fourth-order valence-electron chi connectivity index (χ4n) is 1.42. The summed E-state index contributed by atoms with van der Waals surface area (Å²) in [7, 11) is -5.51. The Balaban J connectivity index is 2.36. The SMILES string of the molecule is [2H]C1([2H])OS(=O)(=O)N(C(=O)OCc2ccccc2)[C@]1([2H])C(F)(F)F. The summed E-state index contributed by atoms with van der Waals surface area (Å²) >= 11 is 0. The van der Waals surface area contributed by atoms with Gasteiger partial charge >= 0.3 is 22.6 Å². The van der Waals surface area contributed by atoms with Gasteiger partial charge in [0.25, 0.3) is 0 Å². The average Bonchev–Trinajstić information content (AvgIpc) is 2.58. The first-order valence-electron chi connectivity index (χ1n) is 6.86. The van der Waals surface area contributed by atoms with Gasteiger partial charge in [-0.2, -0.15) is 25.9 Å². The van der Waals surface area contributed by atoms with Crippen LogP contribution in [0, 0.1) is 0 Å². The van der Waals surface area contributed by atoms with E-state index in [1.54, 1.807) is 18.2 Å². The van der Waals surface area contributed by atoms with E-state index in [1.165, 1.54) is 12.1 Å². The van der Waals surface area contributed by atoms with E-state index in [2.05, 4.69) is 8.92 Å². The number of halogens is 3. The molecule has 0 radical (unpaired) electrons. The molecule has 0 saturated carbocycles. The lowest BCUT2D eigenvalue weighted by molar-refractivity contribution is -0.167. The van der Waals surface area contributed by atoms with Crippen molar-refractivity contribution in [2.75, 3.05) is 6.56 Å². The van der Waals surface area contributed by atoms with E-state index < -0.39 is 46.1 Å². The molecule has 21 heavy (non-hydrogen) atoms. The zero-order valence-electron chi connectivity index (χ0n) is 13.1. The number of alkyl halides is 3. The molecule has 116 valence electrons. The molecular weight excluding hydrogens is 315 g/mol. The van der Waals surface area contributed by atoms with E-state index in [9.17, 15) is 26.4 Å². The normalized spacial score (nSPS) is 29.3. The molecule has 1 heterocycles. The lowest BCUT2D eigenvalue weighted by Crippen LogP contribution is -2.47. The Hall–Kier alpha value is -1.81. The third-order valence-corrected chi connectivity index (χ3v) is 3.38. The monoisotopic (exact) mass is 328 g/mol. The number of amides is 1. The molecule has 1 fully saturated rings. The van der Waals surface area contributed by atoms with Gasteiger partial charge in [-0.05, 0) is 5.56 Å². The summed E-state index contributed by atoms with van der Waals surface area (Å²) in [5, 5.41) is 0. The Morgan fingerprint density at radius 1 is 1.48 bits per heavy atom. The summed E-state index contributed by atoms with van der Waals surface area (Å²) in [5.74, 6) is 0. The van der Waals surface area contributed by atoms with Gasteiger partial charge in [0.2, 0.25) is 0 Å². The minimum atomic E-state index is -5.77. The number of ether oxygens (including phenoxy) is 1. The lowest BCUT2D eigenvalue weighted by Gasteiger charge is -2.21. The van der Waals surface area contributed by atoms with Crippen molar-refractivity contribution in [3.8, 4) is 0 Å².